The number of halogens is 1. The van der Waals surface area contributed by atoms with E-state index in [0.717, 1.165) is 38.8 Å². The second-order valence-electron chi connectivity index (χ2n) is 9.50. The normalized spacial score (nSPS) is 23.2. The van der Waals surface area contributed by atoms with Crippen molar-refractivity contribution in [2.75, 3.05) is 45.9 Å². The quantitative estimate of drug-likeness (QED) is 0.0821. The molecule has 2 aliphatic heterocycles. The van der Waals surface area contributed by atoms with Crippen LogP contribution < -0.4 is 16.6 Å². The number of hydrazine groups is 1. The molecule has 11 nitrogen and oxygen atoms in total. The van der Waals surface area contributed by atoms with Crippen LogP contribution in [0.1, 0.15) is 39.0 Å². The highest BCUT2D eigenvalue weighted by atomic mass is 19.1. The number of hydrogen-bond acceptors (Lipinski definition) is 8. The van der Waals surface area contributed by atoms with Crippen molar-refractivity contribution in [1.82, 2.24) is 25.7 Å². The number of morpholine rings is 1. The van der Waals surface area contributed by atoms with E-state index in [4.69, 9.17) is 10.5 Å². The third-order valence-electron chi connectivity index (χ3n) is 6.87. The molecule has 0 radical (unpaired) electrons. The van der Waals surface area contributed by atoms with Crippen molar-refractivity contribution in [3.8, 4) is 0 Å². The highest BCUT2D eigenvalue weighted by Gasteiger charge is 2.32. The van der Waals surface area contributed by atoms with E-state index in [1.165, 1.54) is 6.92 Å². The van der Waals surface area contributed by atoms with E-state index in [0.29, 0.717) is 43.7 Å². The molecule has 3 rings (SSSR count). The first-order chi connectivity index (χ1) is 16.8. The van der Waals surface area contributed by atoms with Crippen LogP contribution in [0.3, 0.4) is 0 Å². The smallest absolute Gasteiger partial charge is 0.243 e. The zero-order chi connectivity index (χ0) is 25.4. The predicted molar refractivity (Wildman–Crippen MR) is 128 cm³/mol. The summed E-state index contributed by atoms with van der Waals surface area (Å²) in [4.78, 5) is 32.0. The van der Waals surface area contributed by atoms with E-state index in [2.05, 4.69) is 27.3 Å². The number of aliphatic imine (C=N–C) groups is 1. The Balaban J connectivity index is 1.67. The highest BCUT2D eigenvalue weighted by Crippen LogP contribution is 2.30. The van der Waals surface area contributed by atoms with Crippen molar-refractivity contribution in [2.24, 2.45) is 22.6 Å². The fourth-order valence-electron chi connectivity index (χ4n) is 4.98. The molecule has 2 heterocycles. The number of nitrogens with zero attached hydrogens (tertiary/aromatic N) is 4. The Labute approximate surface area is 205 Å². The lowest BCUT2D eigenvalue weighted by atomic mass is 9.92. The van der Waals surface area contributed by atoms with Gasteiger partial charge in [0.1, 0.15) is 0 Å². The molecule has 0 spiro atoms. The molecule has 1 saturated carbocycles. The van der Waals surface area contributed by atoms with Gasteiger partial charge in [-0.05, 0) is 19.3 Å². The summed E-state index contributed by atoms with van der Waals surface area (Å²) in [6.07, 6.45) is 4.97. The van der Waals surface area contributed by atoms with Crippen molar-refractivity contribution < 1.29 is 23.9 Å². The first-order valence-electron chi connectivity index (χ1n) is 12.2. The molecule has 0 aromatic carbocycles. The second kappa shape index (κ2) is 12.8. The maximum absolute atomic E-state index is 15.5. The van der Waals surface area contributed by atoms with Gasteiger partial charge in [0, 0.05) is 26.2 Å². The number of carbonyl (C=O) groups is 2. The average Bonchev–Trinajstić information content (AvgIpc) is 3.37. The molecule has 0 bridgehead atoms. The Hall–Kier alpha value is -2.70. The van der Waals surface area contributed by atoms with Gasteiger partial charge in [-0.1, -0.05) is 32.3 Å². The van der Waals surface area contributed by atoms with E-state index < -0.39 is 17.7 Å². The standard InChI is InChI=1S/C23H38FN7O4/c1-16(30-8-7-29-9-10-35-14-20(29)13-30)21(24)22(26-17(2)25)27-28-23(33)19(12-31(34)15-32)11-18-5-3-4-6-18/h15,18-20,27,34H,1,3-14H2,2H3,(H2,25,26)(H,28,33)/b22-21-/t19-,20+/m1/s1. The van der Waals surface area contributed by atoms with E-state index in [-0.39, 0.29) is 36.4 Å². The van der Waals surface area contributed by atoms with Gasteiger partial charge in [-0.15, -0.1) is 0 Å². The number of ether oxygens (including phenoxy) is 1. The third-order valence-corrected chi connectivity index (χ3v) is 6.87. The molecule has 3 fully saturated rings. The van der Waals surface area contributed by atoms with Gasteiger partial charge < -0.3 is 15.4 Å². The van der Waals surface area contributed by atoms with Gasteiger partial charge in [0.2, 0.25) is 12.3 Å². The number of rotatable bonds is 11. The molecule has 5 N–H and O–H groups in total. The summed E-state index contributed by atoms with van der Waals surface area (Å²) in [7, 11) is 0. The molecule has 2 atom stereocenters. The number of hydroxylamine groups is 2. The largest absolute Gasteiger partial charge is 0.387 e. The maximum Gasteiger partial charge on any atom is 0.243 e. The van der Waals surface area contributed by atoms with Crippen molar-refractivity contribution in [3.63, 3.8) is 0 Å². The van der Waals surface area contributed by atoms with Crippen LogP contribution in [0.15, 0.2) is 28.9 Å². The molecular formula is C23H38FN7O4. The monoisotopic (exact) mass is 495 g/mol. The molecule has 2 saturated heterocycles. The minimum absolute atomic E-state index is 0.0974. The number of piperazine rings is 1. The van der Waals surface area contributed by atoms with Crippen LogP contribution in [0.2, 0.25) is 0 Å². The summed E-state index contributed by atoms with van der Waals surface area (Å²) in [5.41, 5.74) is 10.9. The van der Waals surface area contributed by atoms with E-state index >= 15 is 4.39 Å². The van der Waals surface area contributed by atoms with Crippen LogP contribution in [0, 0.1) is 11.8 Å². The number of amidine groups is 1. The molecule has 2 amide bonds. The lowest BCUT2D eigenvalue weighted by molar-refractivity contribution is -0.155. The zero-order valence-corrected chi connectivity index (χ0v) is 20.4. The zero-order valence-electron chi connectivity index (χ0n) is 20.4. The highest BCUT2D eigenvalue weighted by molar-refractivity contribution is 5.80. The minimum atomic E-state index is -0.732. The number of fused-ring (bicyclic) bond motifs is 1. The first kappa shape index (κ1) is 26.9. The van der Waals surface area contributed by atoms with Gasteiger partial charge in [-0.3, -0.25) is 30.5 Å². The minimum Gasteiger partial charge on any atom is -0.387 e. The lowest BCUT2D eigenvalue weighted by Crippen LogP contribution is -2.57. The van der Waals surface area contributed by atoms with Crippen LogP contribution >= 0.6 is 0 Å². The predicted octanol–water partition coefficient (Wildman–Crippen LogP) is 0.697. The van der Waals surface area contributed by atoms with Gasteiger partial charge in [-0.2, -0.15) is 0 Å². The summed E-state index contributed by atoms with van der Waals surface area (Å²) in [5, 5.41) is 10.1. The van der Waals surface area contributed by atoms with E-state index in [1.807, 2.05) is 4.90 Å². The molecular weight excluding hydrogens is 457 g/mol. The van der Waals surface area contributed by atoms with Crippen molar-refractivity contribution in [1.29, 1.82) is 0 Å². The van der Waals surface area contributed by atoms with Gasteiger partial charge in [-0.25, -0.2) is 14.4 Å². The number of nitrogens with two attached hydrogens (primary N) is 1. The number of hydrogen-bond donors (Lipinski definition) is 4. The van der Waals surface area contributed by atoms with Gasteiger partial charge >= 0.3 is 0 Å². The lowest BCUT2D eigenvalue weighted by Gasteiger charge is -2.44. The van der Waals surface area contributed by atoms with E-state index in [1.54, 1.807) is 0 Å². The Kier molecular flexibility index (Phi) is 9.87. The molecule has 3 aliphatic rings. The number of allylic oxidation sites excluding steroid dienone is 1. The van der Waals surface area contributed by atoms with E-state index in [9.17, 15) is 14.8 Å². The van der Waals surface area contributed by atoms with Crippen LogP contribution in [-0.4, -0.2) is 90.2 Å². The molecule has 0 unspecified atom stereocenters. The first-order valence-corrected chi connectivity index (χ1v) is 12.2. The summed E-state index contributed by atoms with van der Waals surface area (Å²) in [6.45, 7) is 9.36. The fourth-order valence-corrected chi connectivity index (χ4v) is 4.98. The fraction of sp³-hybridized carbons (Fsp3) is 0.696. The summed E-state index contributed by atoms with van der Waals surface area (Å²) < 4.78 is 21.0. The number of carbonyl (C=O) groups excluding carboxylic acids is 2. The molecule has 0 aromatic heterocycles. The van der Waals surface area contributed by atoms with Crippen LogP contribution in [0.4, 0.5) is 4.39 Å². The van der Waals surface area contributed by atoms with Crippen LogP contribution in [0.25, 0.3) is 0 Å². The third kappa shape index (κ3) is 7.64. The molecule has 12 heteroatoms. The second-order valence-corrected chi connectivity index (χ2v) is 9.50. The summed E-state index contributed by atoms with van der Waals surface area (Å²) in [6, 6.07) is 0.161. The SMILES string of the molecule is C=C(/C(F)=C(\N=C(C)N)NNC(=O)[C@H](CC1CCCC1)CN(O)C=O)N1CCN2CCOC[C@@H]2C1. The Bertz CT molecular complexity index is 827. The average molecular weight is 496 g/mol. The summed E-state index contributed by atoms with van der Waals surface area (Å²) >= 11 is 0. The van der Waals surface area contributed by atoms with Crippen molar-refractivity contribution in [3.05, 3.63) is 23.9 Å². The summed E-state index contributed by atoms with van der Waals surface area (Å²) in [5.74, 6) is -1.71. The topological polar surface area (TPSA) is 136 Å². The molecule has 196 valence electrons. The number of nitrogens with one attached hydrogen (secondary N) is 2. The van der Waals surface area contributed by atoms with Crippen LogP contribution in [0.5, 0.6) is 0 Å². The maximum atomic E-state index is 15.5. The van der Waals surface area contributed by atoms with Gasteiger partial charge in [0.05, 0.1) is 43.3 Å². The van der Waals surface area contributed by atoms with Gasteiger partial charge in [0.25, 0.3) is 0 Å². The number of amides is 2. The molecule has 35 heavy (non-hydrogen) atoms. The van der Waals surface area contributed by atoms with Gasteiger partial charge in [0.15, 0.2) is 11.6 Å². The Morgan fingerprint density at radius 1 is 1.34 bits per heavy atom. The molecule has 0 aromatic rings. The molecule has 1 aliphatic carbocycles. The van der Waals surface area contributed by atoms with Crippen molar-refractivity contribution >= 4 is 18.2 Å². The van der Waals surface area contributed by atoms with Crippen molar-refractivity contribution in [2.45, 2.75) is 45.1 Å². The Morgan fingerprint density at radius 3 is 2.77 bits per heavy atom. The Morgan fingerprint density at radius 2 is 2.09 bits per heavy atom. The van der Waals surface area contributed by atoms with Crippen LogP contribution in [-0.2, 0) is 14.3 Å².